The highest BCUT2D eigenvalue weighted by Gasteiger charge is 2.48. The molecule has 2 fully saturated rings. The first-order valence-corrected chi connectivity index (χ1v) is 7.28. The van der Waals surface area contributed by atoms with Crippen molar-refractivity contribution in [3.05, 3.63) is 35.9 Å². The van der Waals surface area contributed by atoms with Crippen LogP contribution in [0.15, 0.2) is 30.3 Å². The van der Waals surface area contributed by atoms with Gasteiger partial charge in [0.05, 0.1) is 0 Å². The number of rotatable bonds is 4. The van der Waals surface area contributed by atoms with E-state index in [0.29, 0.717) is 5.54 Å². The molecule has 98 valence electrons. The molecule has 0 bridgehead atoms. The van der Waals surface area contributed by atoms with E-state index in [1.165, 1.54) is 44.3 Å². The SMILES string of the molecule is CNC1(C2CCCN(Cc3ccccc3)C2)CC1. The van der Waals surface area contributed by atoms with Crippen molar-refractivity contribution in [2.45, 2.75) is 37.8 Å². The standard InChI is InChI=1S/C16H24N2/c1-17-16(9-10-16)15-8-5-11-18(13-15)12-14-6-3-2-4-7-14/h2-4,6-7,15,17H,5,8-13H2,1H3. The van der Waals surface area contributed by atoms with E-state index in [1.807, 2.05) is 0 Å². The summed E-state index contributed by atoms with van der Waals surface area (Å²) in [6.07, 6.45) is 5.54. The molecule has 1 aromatic carbocycles. The minimum absolute atomic E-state index is 0.495. The Morgan fingerprint density at radius 2 is 2.06 bits per heavy atom. The van der Waals surface area contributed by atoms with Crippen LogP contribution in [0.2, 0.25) is 0 Å². The molecule has 2 heteroatoms. The number of hydrogen-bond donors (Lipinski definition) is 1. The zero-order valence-electron chi connectivity index (χ0n) is 11.4. The van der Waals surface area contributed by atoms with Gasteiger partial charge < -0.3 is 5.32 Å². The van der Waals surface area contributed by atoms with Crippen LogP contribution in [-0.2, 0) is 6.54 Å². The minimum Gasteiger partial charge on any atom is -0.314 e. The molecule has 0 spiro atoms. The minimum atomic E-state index is 0.495. The Morgan fingerprint density at radius 1 is 1.28 bits per heavy atom. The van der Waals surface area contributed by atoms with Crippen LogP contribution in [-0.4, -0.2) is 30.6 Å². The molecule has 1 saturated carbocycles. The van der Waals surface area contributed by atoms with E-state index in [1.54, 1.807) is 0 Å². The van der Waals surface area contributed by atoms with Crippen LogP contribution >= 0.6 is 0 Å². The Bertz CT molecular complexity index is 383. The zero-order chi connectivity index (χ0) is 12.4. The molecule has 0 amide bonds. The summed E-state index contributed by atoms with van der Waals surface area (Å²) in [5.41, 5.74) is 1.95. The third-order valence-electron chi connectivity index (χ3n) is 4.82. The van der Waals surface area contributed by atoms with Gasteiger partial charge in [0.15, 0.2) is 0 Å². The molecule has 2 aliphatic rings. The summed E-state index contributed by atoms with van der Waals surface area (Å²) < 4.78 is 0. The summed E-state index contributed by atoms with van der Waals surface area (Å²) in [7, 11) is 2.14. The van der Waals surface area contributed by atoms with Gasteiger partial charge in [-0.2, -0.15) is 0 Å². The second-order valence-corrected chi connectivity index (χ2v) is 5.97. The quantitative estimate of drug-likeness (QED) is 0.876. The molecule has 0 radical (unpaired) electrons. The lowest BCUT2D eigenvalue weighted by Crippen LogP contribution is -2.46. The lowest BCUT2D eigenvalue weighted by Gasteiger charge is -2.37. The van der Waals surface area contributed by atoms with Crippen molar-refractivity contribution in [1.82, 2.24) is 10.2 Å². The first kappa shape index (κ1) is 12.2. The molecular weight excluding hydrogens is 220 g/mol. The molecule has 1 aliphatic carbocycles. The van der Waals surface area contributed by atoms with Gasteiger partial charge in [0.25, 0.3) is 0 Å². The average molecular weight is 244 g/mol. The molecule has 1 N–H and O–H groups in total. The van der Waals surface area contributed by atoms with Crippen LogP contribution < -0.4 is 5.32 Å². The fourth-order valence-electron chi connectivity index (χ4n) is 3.49. The molecule has 1 unspecified atom stereocenters. The van der Waals surface area contributed by atoms with Gasteiger partial charge in [0.1, 0.15) is 0 Å². The van der Waals surface area contributed by atoms with E-state index in [4.69, 9.17) is 0 Å². The van der Waals surface area contributed by atoms with E-state index in [2.05, 4.69) is 47.6 Å². The predicted octanol–water partition coefficient (Wildman–Crippen LogP) is 2.65. The molecule has 1 saturated heterocycles. The summed E-state index contributed by atoms with van der Waals surface area (Å²) in [4.78, 5) is 2.64. The van der Waals surface area contributed by atoms with Gasteiger partial charge in [-0.3, -0.25) is 4.90 Å². The van der Waals surface area contributed by atoms with E-state index in [-0.39, 0.29) is 0 Å². The third-order valence-corrected chi connectivity index (χ3v) is 4.82. The van der Waals surface area contributed by atoms with Crippen molar-refractivity contribution in [3.8, 4) is 0 Å². The maximum Gasteiger partial charge on any atom is 0.0233 e. The van der Waals surface area contributed by atoms with E-state index < -0.39 is 0 Å². The number of benzene rings is 1. The Morgan fingerprint density at radius 3 is 2.72 bits per heavy atom. The fraction of sp³-hybridized carbons (Fsp3) is 0.625. The highest BCUT2D eigenvalue weighted by atomic mass is 15.1. The molecule has 0 aromatic heterocycles. The summed E-state index contributed by atoms with van der Waals surface area (Å²) in [5, 5.41) is 3.58. The first-order chi connectivity index (χ1) is 8.82. The number of nitrogens with zero attached hydrogens (tertiary/aromatic N) is 1. The van der Waals surface area contributed by atoms with Gasteiger partial charge >= 0.3 is 0 Å². The lowest BCUT2D eigenvalue weighted by atomic mass is 9.88. The second-order valence-electron chi connectivity index (χ2n) is 5.97. The molecule has 1 aliphatic heterocycles. The highest BCUT2D eigenvalue weighted by Crippen LogP contribution is 2.45. The van der Waals surface area contributed by atoms with E-state index >= 15 is 0 Å². The summed E-state index contributed by atoms with van der Waals surface area (Å²) in [5.74, 6) is 0.861. The molecule has 3 rings (SSSR count). The second kappa shape index (κ2) is 5.02. The van der Waals surface area contributed by atoms with Crippen molar-refractivity contribution in [3.63, 3.8) is 0 Å². The molecule has 18 heavy (non-hydrogen) atoms. The zero-order valence-corrected chi connectivity index (χ0v) is 11.4. The van der Waals surface area contributed by atoms with Gasteiger partial charge in [0.2, 0.25) is 0 Å². The maximum absolute atomic E-state index is 3.58. The Balaban J connectivity index is 1.61. The number of hydrogen-bond acceptors (Lipinski definition) is 2. The predicted molar refractivity (Wildman–Crippen MR) is 75.5 cm³/mol. The summed E-state index contributed by atoms with van der Waals surface area (Å²) >= 11 is 0. The van der Waals surface area contributed by atoms with Gasteiger partial charge in [-0.25, -0.2) is 0 Å². The number of nitrogens with one attached hydrogen (secondary N) is 1. The van der Waals surface area contributed by atoms with Crippen molar-refractivity contribution >= 4 is 0 Å². The monoisotopic (exact) mass is 244 g/mol. The molecule has 2 nitrogen and oxygen atoms in total. The molecule has 1 atom stereocenters. The van der Waals surface area contributed by atoms with Crippen LogP contribution in [0.3, 0.4) is 0 Å². The Hall–Kier alpha value is -0.860. The molecule has 1 heterocycles. The van der Waals surface area contributed by atoms with E-state index in [9.17, 15) is 0 Å². The number of piperidine rings is 1. The normalized spacial score (nSPS) is 27.1. The largest absolute Gasteiger partial charge is 0.314 e. The van der Waals surface area contributed by atoms with Crippen LogP contribution in [0.4, 0.5) is 0 Å². The third kappa shape index (κ3) is 2.45. The van der Waals surface area contributed by atoms with Crippen LogP contribution in [0.25, 0.3) is 0 Å². The molecular formula is C16H24N2. The topological polar surface area (TPSA) is 15.3 Å². The van der Waals surface area contributed by atoms with Gasteiger partial charge in [0, 0.05) is 18.6 Å². The maximum atomic E-state index is 3.58. The van der Waals surface area contributed by atoms with Crippen LogP contribution in [0.5, 0.6) is 0 Å². The van der Waals surface area contributed by atoms with Gasteiger partial charge in [-0.1, -0.05) is 30.3 Å². The van der Waals surface area contributed by atoms with Crippen molar-refractivity contribution < 1.29 is 0 Å². The first-order valence-electron chi connectivity index (χ1n) is 7.28. The van der Waals surface area contributed by atoms with Crippen LogP contribution in [0.1, 0.15) is 31.2 Å². The van der Waals surface area contributed by atoms with Crippen molar-refractivity contribution in [1.29, 1.82) is 0 Å². The van der Waals surface area contributed by atoms with Gasteiger partial charge in [-0.15, -0.1) is 0 Å². The van der Waals surface area contributed by atoms with Crippen molar-refractivity contribution in [2.24, 2.45) is 5.92 Å². The highest BCUT2D eigenvalue weighted by molar-refractivity contribution is 5.15. The van der Waals surface area contributed by atoms with E-state index in [0.717, 1.165) is 12.5 Å². The molecule has 1 aromatic rings. The average Bonchev–Trinajstić information content (AvgIpc) is 3.21. The Kier molecular flexibility index (Phi) is 3.40. The summed E-state index contributed by atoms with van der Waals surface area (Å²) in [6.45, 7) is 3.66. The fourth-order valence-corrected chi connectivity index (χ4v) is 3.49. The summed E-state index contributed by atoms with van der Waals surface area (Å²) in [6, 6.07) is 10.9. The van der Waals surface area contributed by atoms with Gasteiger partial charge in [-0.05, 0) is 50.8 Å². The van der Waals surface area contributed by atoms with Crippen molar-refractivity contribution in [2.75, 3.05) is 20.1 Å². The Labute approximate surface area is 110 Å². The van der Waals surface area contributed by atoms with Crippen LogP contribution in [0, 0.1) is 5.92 Å². The lowest BCUT2D eigenvalue weighted by molar-refractivity contribution is 0.135. The smallest absolute Gasteiger partial charge is 0.0233 e. The number of likely N-dealkylation sites (tertiary alicyclic amines) is 1.